The molecule has 2 atom stereocenters. The van der Waals surface area contributed by atoms with Gasteiger partial charge in [0.15, 0.2) is 0 Å². The lowest BCUT2D eigenvalue weighted by molar-refractivity contribution is 0.415. The van der Waals surface area contributed by atoms with Crippen LogP contribution in [0.5, 0.6) is 5.75 Å². The molecule has 0 radical (unpaired) electrons. The highest BCUT2D eigenvalue weighted by Gasteiger charge is 2.14. The lowest BCUT2D eigenvalue weighted by Crippen LogP contribution is -2.11. The SMILES string of the molecule is COc1ccc(NCCCC(Cl)S(=O)c2ccc(C)cc2)cc1. The Hall–Kier alpha value is -1.52. The molecule has 0 aromatic heterocycles. The molecule has 0 bridgehead atoms. The van der Waals surface area contributed by atoms with Gasteiger partial charge in [-0.05, 0) is 56.2 Å². The summed E-state index contributed by atoms with van der Waals surface area (Å²) in [5, 5.41) is 3.32. The fourth-order valence-electron chi connectivity index (χ4n) is 2.13. The number of ether oxygens (including phenoxy) is 1. The van der Waals surface area contributed by atoms with Crippen molar-refractivity contribution < 1.29 is 8.95 Å². The standard InChI is InChI=1S/C18H22ClNO2S/c1-14-5-11-17(12-6-14)23(21)18(19)4-3-13-20-15-7-9-16(22-2)10-8-15/h5-12,18,20H,3-4,13H2,1-2H3. The molecule has 0 aliphatic carbocycles. The maximum Gasteiger partial charge on any atom is 0.119 e. The summed E-state index contributed by atoms with van der Waals surface area (Å²) in [6.45, 7) is 2.80. The van der Waals surface area contributed by atoms with Gasteiger partial charge in [0.25, 0.3) is 0 Å². The van der Waals surface area contributed by atoms with Crippen molar-refractivity contribution >= 4 is 28.1 Å². The van der Waals surface area contributed by atoms with E-state index in [1.807, 2.05) is 55.5 Å². The van der Waals surface area contributed by atoms with Crippen molar-refractivity contribution in [2.75, 3.05) is 19.0 Å². The smallest absolute Gasteiger partial charge is 0.119 e. The number of hydrogen-bond acceptors (Lipinski definition) is 3. The van der Waals surface area contributed by atoms with Crippen LogP contribution in [0, 0.1) is 6.92 Å². The molecule has 124 valence electrons. The number of hydrogen-bond donors (Lipinski definition) is 1. The lowest BCUT2D eigenvalue weighted by atomic mass is 10.2. The first kappa shape index (κ1) is 17.8. The van der Waals surface area contributed by atoms with Crippen molar-refractivity contribution in [3.05, 3.63) is 54.1 Å². The van der Waals surface area contributed by atoms with Gasteiger partial charge in [0, 0.05) is 17.1 Å². The van der Waals surface area contributed by atoms with Crippen molar-refractivity contribution in [2.45, 2.75) is 29.4 Å². The fourth-order valence-corrected chi connectivity index (χ4v) is 3.67. The molecular formula is C18H22ClNO2S. The average molecular weight is 352 g/mol. The molecule has 2 aromatic rings. The molecule has 0 fully saturated rings. The van der Waals surface area contributed by atoms with Gasteiger partial charge in [0.2, 0.25) is 0 Å². The van der Waals surface area contributed by atoms with Crippen LogP contribution in [0.15, 0.2) is 53.4 Å². The Morgan fingerprint density at radius 1 is 1.13 bits per heavy atom. The van der Waals surface area contributed by atoms with Crippen LogP contribution >= 0.6 is 11.6 Å². The zero-order chi connectivity index (χ0) is 16.7. The Kier molecular flexibility index (Phi) is 6.93. The fraction of sp³-hybridized carbons (Fsp3) is 0.333. The Morgan fingerprint density at radius 2 is 1.78 bits per heavy atom. The Morgan fingerprint density at radius 3 is 2.39 bits per heavy atom. The molecule has 5 heteroatoms. The molecule has 0 aliphatic rings. The summed E-state index contributed by atoms with van der Waals surface area (Å²) in [5.41, 5.74) is 2.19. The summed E-state index contributed by atoms with van der Waals surface area (Å²) in [7, 11) is 0.482. The topological polar surface area (TPSA) is 38.3 Å². The number of aryl methyl sites for hydroxylation is 1. The summed E-state index contributed by atoms with van der Waals surface area (Å²) in [6.07, 6.45) is 1.56. The highest BCUT2D eigenvalue weighted by atomic mass is 35.5. The summed E-state index contributed by atoms with van der Waals surface area (Å²) >= 11 is 6.28. The van der Waals surface area contributed by atoms with E-state index >= 15 is 0 Å². The first-order chi connectivity index (χ1) is 11.1. The third-order valence-electron chi connectivity index (χ3n) is 3.51. The van der Waals surface area contributed by atoms with Gasteiger partial charge in [-0.15, -0.1) is 11.6 Å². The second-order valence-corrected chi connectivity index (χ2v) is 7.74. The van der Waals surface area contributed by atoms with Gasteiger partial charge in [0.05, 0.1) is 17.9 Å². The summed E-state index contributed by atoms with van der Waals surface area (Å²) in [6, 6.07) is 15.5. The highest BCUT2D eigenvalue weighted by Crippen LogP contribution is 2.19. The van der Waals surface area contributed by atoms with Crippen LogP contribution < -0.4 is 10.1 Å². The van der Waals surface area contributed by atoms with Crippen LogP contribution in [0.4, 0.5) is 5.69 Å². The molecule has 3 nitrogen and oxygen atoms in total. The number of alkyl halides is 1. The number of rotatable bonds is 8. The van der Waals surface area contributed by atoms with Crippen LogP contribution in [0.1, 0.15) is 18.4 Å². The molecule has 1 N–H and O–H groups in total. The van der Waals surface area contributed by atoms with E-state index in [0.717, 1.165) is 34.9 Å². The molecule has 2 aromatic carbocycles. The molecule has 0 heterocycles. The van der Waals surface area contributed by atoms with Gasteiger partial charge >= 0.3 is 0 Å². The van der Waals surface area contributed by atoms with E-state index in [0.29, 0.717) is 6.42 Å². The second-order valence-electron chi connectivity index (χ2n) is 5.32. The summed E-state index contributed by atoms with van der Waals surface area (Å²) in [5.74, 6) is 0.838. The van der Waals surface area contributed by atoms with Crippen molar-refractivity contribution in [1.29, 1.82) is 0 Å². The molecule has 23 heavy (non-hydrogen) atoms. The number of methoxy groups -OCH3 is 1. The molecule has 0 saturated carbocycles. The van der Waals surface area contributed by atoms with Gasteiger partial charge < -0.3 is 10.1 Å². The minimum Gasteiger partial charge on any atom is -0.497 e. The van der Waals surface area contributed by atoms with Crippen LogP contribution in [-0.2, 0) is 10.8 Å². The zero-order valence-electron chi connectivity index (χ0n) is 13.4. The zero-order valence-corrected chi connectivity index (χ0v) is 15.0. The number of anilines is 1. The minimum atomic E-state index is -1.17. The van der Waals surface area contributed by atoms with Crippen LogP contribution in [0.3, 0.4) is 0 Å². The van der Waals surface area contributed by atoms with Crippen LogP contribution in [0.2, 0.25) is 0 Å². The number of halogens is 1. The number of benzene rings is 2. The summed E-state index contributed by atoms with van der Waals surface area (Å²) in [4.78, 5) is 0.790. The van der Waals surface area contributed by atoms with E-state index in [2.05, 4.69) is 5.32 Å². The van der Waals surface area contributed by atoms with Crippen LogP contribution in [-0.4, -0.2) is 22.6 Å². The maximum absolute atomic E-state index is 12.3. The van der Waals surface area contributed by atoms with Crippen LogP contribution in [0.25, 0.3) is 0 Å². The third-order valence-corrected chi connectivity index (χ3v) is 5.65. The molecule has 2 unspecified atom stereocenters. The number of nitrogens with one attached hydrogen (secondary N) is 1. The van der Waals surface area contributed by atoms with Crippen molar-refractivity contribution in [2.24, 2.45) is 0 Å². The Bertz CT molecular complexity index is 628. The largest absolute Gasteiger partial charge is 0.497 e. The predicted octanol–water partition coefficient (Wildman–Crippen LogP) is 4.57. The van der Waals surface area contributed by atoms with Gasteiger partial charge in [-0.25, -0.2) is 0 Å². The van der Waals surface area contributed by atoms with E-state index < -0.39 is 10.8 Å². The average Bonchev–Trinajstić information content (AvgIpc) is 2.59. The van der Waals surface area contributed by atoms with E-state index in [1.54, 1.807) is 7.11 Å². The predicted molar refractivity (Wildman–Crippen MR) is 97.9 cm³/mol. The Labute approximate surface area is 145 Å². The van der Waals surface area contributed by atoms with Crippen molar-refractivity contribution in [3.63, 3.8) is 0 Å². The van der Waals surface area contributed by atoms with Gasteiger partial charge in [-0.2, -0.15) is 0 Å². The molecule has 0 spiro atoms. The van der Waals surface area contributed by atoms with Gasteiger partial charge in [0.1, 0.15) is 10.5 Å². The minimum absolute atomic E-state index is 0.365. The molecule has 0 saturated heterocycles. The molecule has 0 amide bonds. The van der Waals surface area contributed by atoms with Gasteiger partial charge in [-0.3, -0.25) is 4.21 Å². The van der Waals surface area contributed by atoms with Gasteiger partial charge in [-0.1, -0.05) is 17.7 Å². The van der Waals surface area contributed by atoms with E-state index in [-0.39, 0.29) is 4.71 Å². The monoisotopic (exact) mass is 351 g/mol. The highest BCUT2D eigenvalue weighted by molar-refractivity contribution is 7.87. The maximum atomic E-state index is 12.3. The molecular weight excluding hydrogens is 330 g/mol. The van der Waals surface area contributed by atoms with E-state index in [4.69, 9.17) is 16.3 Å². The second kappa shape index (κ2) is 8.94. The van der Waals surface area contributed by atoms with Crippen molar-refractivity contribution in [3.8, 4) is 5.75 Å². The first-order valence-corrected chi connectivity index (χ1v) is 9.24. The third kappa shape index (κ3) is 5.56. The molecule has 0 aliphatic heterocycles. The quantitative estimate of drug-likeness (QED) is 0.559. The van der Waals surface area contributed by atoms with Crippen molar-refractivity contribution in [1.82, 2.24) is 0 Å². The van der Waals surface area contributed by atoms with E-state index in [9.17, 15) is 4.21 Å². The first-order valence-electron chi connectivity index (χ1n) is 7.59. The Balaban J connectivity index is 1.74. The normalized spacial score (nSPS) is 13.3. The molecule has 2 rings (SSSR count). The van der Waals surface area contributed by atoms with E-state index in [1.165, 1.54) is 0 Å². The summed E-state index contributed by atoms with van der Waals surface area (Å²) < 4.78 is 17.1. The lowest BCUT2D eigenvalue weighted by Gasteiger charge is -2.11.